The predicted molar refractivity (Wildman–Crippen MR) is 101 cm³/mol. The SMILES string of the molecule is C=CCNC(=O)C(C)Sc1ncnc2sc(-c3ccccc3)cc12. The van der Waals surface area contributed by atoms with Gasteiger partial charge < -0.3 is 5.32 Å². The van der Waals surface area contributed by atoms with Crippen LogP contribution in [0.2, 0.25) is 0 Å². The van der Waals surface area contributed by atoms with Crippen LogP contribution in [-0.2, 0) is 4.79 Å². The Bertz CT molecular complexity index is 861. The summed E-state index contributed by atoms with van der Waals surface area (Å²) in [5, 5.41) is 4.41. The molecule has 0 spiro atoms. The third-order valence-corrected chi connectivity index (χ3v) is 5.64. The summed E-state index contributed by atoms with van der Waals surface area (Å²) in [6.07, 6.45) is 3.23. The first-order valence-electron chi connectivity index (χ1n) is 7.54. The number of fused-ring (bicyclic) bond motifs is 1. The first kappa shape index (κ1) is 16.7. The van der Waals surface area contributed by atoms with Crippen molar-refractivity contribution in [2.24, 2.45) is 0 Å². The van der Waals surface area contributed by atoms with E-state index in [1.807, 2.05) is 25.1 Å². The molecule has 0 aliphatic rings. The predicted octanol–water partition coefficient (Wildman–Crippen LogP) is 4.14. The Balaban J connectivity index is 1.88. The molecule has 0 saturated heterocycles. The number of thioether (sulfide) groups is 1. The van der Waals surface area contributed by atoms with E-state index >= 15 is 0 Å². The Morgan fingerprint density at radius 2 is 2.17 bits per heavy atom. The van der Waals surface area contributed by atoms with E-state index in [1.54, 1.807) is 23.7 Å². The van der Waals surface area contributed by atoms with Gasteiger partial charge in [-0.2, -0.15) is 0 Å². The topological polar surface area (TPSA) is 54.9 Å². The molecule has 0 fully saturated rings. The van der Waals surface area contributed by atoms with E-state index in [0.717, 1.165) is 25.7 Å². The first-order valence-corrected chi connectivity index (χ1v) is 9.24. The minimum atomic E-state index is -0.233. The van der Waals surface area contributed by atoms with Crippen LogP contribution in [0.4, 0.5) is 0 Å². The van der Waals surface area contributed by atoms with Crippen LogP contribution in [0.1, 0.15) is 6.92 Å². The zero-order valence-electron chi connectivity index (χ0n) is 13.2. The summed E-state index contributed by atoms with van der Waals surface area (Å²) in [6, 6.07) is 12.3. The van der Waals surface area contributed by atoms with E-state index in [4.69, 9.17) is 0 Å². The van der Waals surface area contributed by atoms with Gasteiger partial charge in [0.05, 0.1) is 5.25 Å². The van der Waals surface area contributed by atoms with Crippen molar-refractivity contribution in [1.82, 2.24) is 15.3 Å². The highest BCUT2D eigenvalue weighted by atomic mass is 32.2. The van der Waals surface area contributed by atoms with Crippen molar-refractivity contribution < 1.29 is 4.79 Å². The average Bonchev–Trinajstić information content (AvgIpc) is 3.05. The maximum absolute atomic E-state index is 12.0. The standard InChI is InChI=1S/C18H17N3OS2/c1-3-9-19-16(22)12(2)23-17-14-10-15(13-7-5-4-6-8-13)24-18(14)21-11-20-17/h3-8,10-12H,1,9H2,2H3,(H,19,22). The van der Waals surface area contributed by atoms with Gasteiger partial charge >= 0.3 is 0 Å². The molecule has 1 aromatic carbocycles. The summed E-state index contributed by atoms with van der Waals surface area (Å²) < 4.78 is 0. The van der Waals surface area contributed by atoms with E-state index in [1.165, 1.54) is 11.8 Å². The highest BCUT2D eigenvalue weighted by Crippen LogP contribution is 2.37. The monoisotopic (exact) mass is 355 g/mol. The Morgan fingerprint density at radius 1 is 1.38 bits per heavy atom. The van der Waals surface area contributed by atoms with Crippen LogP contribution in [0, 0.1) is 0 Å². The van der Waals surface area contributed by atoms with Crippen LogP contribution in [0.5, 0.6) is 0 Å². The normalized spacial score (nSPS) is 12.0. The second-order valence-corrected chi connectivity index (χ2v) is 7.53. The molecule has 0 bridgehead atoms. The second-order valence-electron chi connectivity index (χ2n) is 5.17. The second kappa shape index (κ2) is 7.59. The summed E-state index contributed by atoms with van der Waals surface area (Å²) in [5.41, 5.74) is 1.16. The van der Waals surface area contributed by atoms with E-state index in [-0.39, 0.29) is 11.2 Å². The van der Waals surface area contributed by atoms with Crippen molar-refractivity contribution in [2.45, 2.75) is 17.2 Å². The van der Waals surface area contributed by atoms with Gasteiger partial charge in [0, 0.05) is 16.8 Å². The van der Waals surface area contributed by atoms with E-state index in [9.17, 15) is 4.79 Å². The number of aromatic nitrogens is 2. The van der Waals surface area contributed by atoms with E-state index < -0.39 is 0 Å². The molecule has 24 heavy (non-hydrogen) atoms. The van der Waals surface area contributed by atoms with Gasteiger partial charge in [0.1, 0.15) is 16.2 Å². The molecule has 1 N–H and O–H groups in total. The lowest BCUT2D eigenvalue weighted by atomic mass is 10.2. The maximum Gasteiger partial charge on any atom is 0.233 e. The van der Waals surface area contributed by atoms with Gasteiger partial charge in [-0.05, 0) is 18.6 Å². The third-order valence-electron chi connectivity index (χ3n) is 3.43. The molecule has 122 valence electrons. The van der Waals surface area contributed by atoms with Gasteiger partial charge in [0.25, 0.3) is 0 Å². The fraction of sp³-hybridized carbons (Fsp3) is 0.167. The molecule has 0 radical (unpaired) electrons. The lowest BCUT2D eigenvalue weighted by Gasteiger charge is -2.10. The molecule has 0 aliphatic heterocycles. The fourth-order valence-electron chi connectivity index (χ4n) is 2.21. The fourth-order valence-corrected chi connectivity index (χ4v) is 4.19. The zero-order valence-corrected chi connectivity index (χ0v) is 14.9. The van der Waals surface area contributed by atoms with E-state index in [2.05, 4.69) is 40.1 Å². The Labute approximate surface area is 149 Å². The maximum atomic E-state index is 12.0. The molecule has 1 amide bonds. The van der Waals surface area contributed by atoms with Crippen molar-refractivity contribution in [3.63, 3.8) is 0 Å². The van der Waals surface area contributed by atoms with Crippen LogP contribution < -0.4 is 5.32 Å². The van der Waals surface area contributed by atoms with Gasteiger partial charge in [0.15, 0.2) is 0 Å². The molecule has 0 aliphatic carbocycles. The van der Waals surface area contributed by atoms with E-state index in [0.29, 0.717) is 6.54 Å². The van der Waals surface area contributed by atoms with Crippen LogP contribution in [0.15, 0.2) is 60.4 Å². The Hall–Kier alpha value is -2.18. The number of thiophene rings is 1. The number of nitrogens with zero attached hydrogens (tertiary/aromatic N) is 2. The summed E-state index contributed by atoms with van der Waals surface area (Å²) in [4.78, 5) is 22.9. The number of nitrogens with one attached hydrogen (secondary N) is 1. The van der Waals surface area contributed by atoms with Crippen LogP contribution >= 0.6 is 23.1 Å². The number of benzene rings is 1. The third kappa shape index (κ3) is 3.66. The molecular formula is C18H17N3OS2. The highest BCUT2D eigenvalue weighted by Gasteiger charge is 2.17. The molecule has 2 heterocycles. The summed E-state index contributed by atoms with van der Waals surface area (Å²) in [7, 11) is 0. The highest BCUT2D eigenvalue weighted by molar-refractivity contribution is 8.00. The van der Waals surface area contributed by atoms with Crippen molar-refractivity contribution in [3.8, 4) is 10.4 Å². The molecule has 0 saturated carbocycles. The molecule has 1 atom stereocenters. The first-order chi connectivity index (χ1) is 11.7. The van der Waals surface area contributed by atoms with Gasteiger partial charge in [-0.25, -0.2) is 9.97 Å². The largest absolute Gasteiger partial charge is 0.352 e. The number of carbonyl (C=O) groups is 1. The number of carbonyl (C=O) groups excluding carboxylic acids is 1. The van der Waals surface area contributed by atoms with Crippen molar-refractivity contribution in [2.75, 3.05) is 6.54 Å². The van der Waals surface area contributed by atoms with Crippen molar-refractivity contribution in [1.29, 1.82) is 0 Å². The molecule has 3 aromatic rings. The molecule has 1 unspecified atom stereocenters. The van der Waals surface area contributed by atoms with Crippen LogP contribution in [-0.4, -0.2) is 27.7 Å². The van der Waals surface area contributed by atoms with Gasteiger partial charge in [-0.15, -0.1) is 17.9 Å². The lowest BCUT2D eigenvalue weighted by Crippen LogP contribution is -2.30. The summed E-state index contributed by atoms with van der Waals surface area (Å²) >= 11 is 3.08. The lowest BCUT2D eigenvalue weighted by molar-refractivity contribution is -0.120. The van der Waals surface area contributed by atoms with Gasteiger partial charge in [-0.1, -0.05) is 48.2 Å². The molecule has 6 heteroatoms. The van der Waals surface area contributed by atoms with Crippen LogP contribution in [0.25, 0.3) is 20.7 Å². The summed E-state index contributed by atoms with van der Waals surface area (Å²) in [6.45, 7) is 5.96. The number of hydrogen-bond acceptors (Lipinski definition) is 5. The van der Waals surface area contributed by atoms with Gasteiger partial charge in [-0.3, -0.25) is 4.79 Å². The number of amides is 1. The number of rotatable bonds is 6. The quantitative estimate of drug-likeness (QED) is 0.410. The minimum absolute atomic E-state index is 0.0230. The van der Waals surface area contributed by atoms with Crippen molar-refractivity contribution in [3.05, 3.63) is 55.4 Å². The number of hydrogen-bond donors (Lipinski definition) is 1. The molecule has 3 rings (SSSR count). The van der Waals surface area contributed by atoms with Crippen molar-refractivity contribution >= 4 is 39.2 Å². The molecular weight excluding hydrogens is 338 g/mol. The zero-order chi connectivity index (χ0) is 16.9. The van der Waals surface area contributed by atoms with Gasteiger partial charge in [0.2, 0.25) is 5.91 Å². The van der Waals surface area contributed by atoms with Crippen LogP contribution in [0.3, 0.4) is 0 Å². The smallest absolute Gasteiger partial charge is 0.233 e. The molecule has 2 aromatic heterocycles. The average molecular weight is 355 g/mol. The Morgan fingerprint density at radius 3 is 2.92 bits per heavy atom. The minimum Gasteiger partial charge on any atom is -0.352 e. The Kier molecular flexibility index (Phi) is 5.27. The molecule has 4 nitrogen and oxygen atoms in total. The summed E-state index contributed by atoms with van der Waals surface area (Å²) in [5.74, 6) is -0.0230.